The Hall–Kier alpha value is -4.88. The van der Waals surface area contributed by atoms with E-state index in [1.165, 1.54) is 27.4 Å². The molecule has 3 saturated heterocycles. The summed E-state index contributed by atoms with van der Waals surface area (Å²) in [5.41, 5.74) is 1.41. The lowest BCUT2D eigenvalue weighted by Crippen LogP contribution is -2.59. The van der Waals surface area contributed by atoms with E-state index in [4.69, 9.17) is 18.9 Å². The van der Waals surface area contributed by atoms with Crippen LogP contribution in [-0.2, 0) is 20.5 Å². The van der Waals surface area contributed by atoms with Crippen molar-refractivity contribution in [3.05, 3.63) is 89.2 Å². The number of hydrogen-bond donors (Lipinski definition) is 1. The highest BCUT2D eigenvalue weighted by Crippen LogP contribution is 2.42. The van der Waals surface area contributed by atoms with E-state index in [-0.39, 0.29) is 30.3 Å². The second-order valence-electron chi connectivity index (χ2n) is 14.7. The summed E-state index contributed by atoms with van der Waals surface area (Å²) in [5, 5.41) is 3.45. The van der Waals surface area contributed by atoms with Gasteiger partial charge < -0.3 is 39.0 Å². The van der Waals surface area contributed by atoms with Gasteiger partial charge in [0.1, 0.15) is 5.82 Å². The molecule has 1 unspecified atom stereocenters. The zero-order chi connectivity index (χ0) is 39.0. The summed E-state index contributed by atoms with van der Waals surface area (Å²) in [5.74, 6) is 0.531. The average molecular weight is 760 g/mol. The molecular formula is C42H54FN5O7. The molecule has 13 heteroatoms. The molecule has 3 amide bonds. The molecule has 1 atom stereocenters. The number of nitrogens with one attached hydrogen (secondary N) is 1. The molecule has 3 aliphatic heterocycles. The van der Waals surface area contributed by atoms with Crippen LogP contribution in [0, 0.1) is 5.82 Å². The van der Waals surface area contributed by atoms with Gasteiger partial charge in [-0.15, -0.1) is 0 Å². The second kappa shape index (κ2) is 17.7. The van der Waals surface area contributed by atoms with Gasteiger partial charge in [-0.05, 0) is 74.5 Å². The molecule has 0 radical (unpaired) electrons. The standard InChI is InChI=1S/C42H54FN5O7/c1-5-55-37(49)29-46-22-24-47(25-23-46)40(51)44-42(32-10-7-6-8-11-32)16-19-45(20-17-42)18-14-41(33-12-9-13-34(43)28-33)15-21-48(30-41)39(50)31-26-35(52-2)38(54-4)36(27-31)53-3/h6-13,26-28H,5,14-25,29-30H2,1-4H3,(H,44,51). The molecule has 6 rings (SSSR count). The molecule has 0 aliphatic carbocycles. The number of urea groups is 1. The Morgan fingerprint density at radius 1 is 0.745 bits per heavy atom. The number of amides is 3. The lowest BCUT2D eigenvalue weighted by Gasteiger charge is -2.45. The lowest BCUT2D eigenvalue weighted by molar-refractivity contribution is -0.144. The topological polar surface area (TPSA) is 113 Å². The molecule has 3 aromatic carbocycles. The largest absolute Gasteiger partial charge is 0.493 e. The quantitative estimate of drug-likeness (QED) is 0.243. The average Bonchev–Trinajstić information content (AvgIpc) is 3.66. The first-order valence-electron chi connectivity index (χ1n) is 19.2. The first-order chi connectivity index (χ1) is 26.6. The third-order valence-electron chi connectivity index (χ3n) is 11.6. The van der Waals surface area contributed by atoms with Gasteiger partial charge in [0.05, 0.1) is 40.0 Å². The van der Waals surface area contributed by atoms with Crippen molar-refractivity contribution < 1.29 is 37.7 Å². The number of carbonyl (C=O) groups is 3. The Kier molecular flexibility index (Phi) is 12.8. The van der Waals surface area contributed by atoms with Crippen LogP contribution in [0.2, 0.25) is 0 Å². The molecule has 296 valence electrons. The highest BCUT2D eigenvalue weighted by molar-refractivity contribution is 5.96. The van der Waals surface area contributed by atoms with Crippen LogP contribution in [0.5, 0.6) is 17.2 Å². The fourth-order valence-electron chi connectivity index (χ4n) is 8.39. The van der Waals surface area contributed by atoms with Crippen LogP contribution in [0.1, 0.15) is 54.1 Å². The molecule has 0 bridgehead atoms. The maximum Gasteiger partial charge on any atom is 0.320 e. The summed E-state index contributed by atoms with van der Waals surface area (Å²) in [6.45, 7) is 7.89. The van der Waals surface area contributed by atoms with Gasteiger partial charge in [-0.1, -0.05) is 42.5 Å². The first-order valence-corrected chi connectivity index (χ1v) is 19.2. The molecule has 0 aromatic heterocycles. The summed E-state index contributed by atoms with van der Waals surface area (Å²) in [4.78, 5) is 47.9. The van der Waals surface area contributed by atoms with E-state index in [1.54, 1.807) is 31.2 Å². The fraction of sp³-hybridized carbons (Fsp3) is 0.500. The SMILES string of the molecule is CCOC(=O)CN1CCN(C(=O)NC2(c3ccccc3)CCN(CCC3(c4cccc(F)c4)CCN(C(=O)c4cc(OC)c(OC)c(OC)c4)C3)CC2)CC1. The van der Waals surface area contributed by atoms with Crippen molar-refractivity contribution in [1.29, 1.82) is 0 Å². The van der Waals surface area contributed by atoms with Gasteiger partial charge >= 0.3 is 12.0 Å². The van der Waals surface area contributed by atoms with Gasteiger partial charge in [0.2, 0.25) is 5.75 Å². The number of piperidine rings is 1. The number of esters is 1. The number of ether oxygens (including phenoxy) is 4. The van der Waals surface area contributed by atoms with Crippen LogP contribution in [0.15, 0.2) is 66.7 Å². The summed E-state index contributed by atoms with van der Waals surface area (Å²) in [6.07, 6.45) is 2.88. The number of rotatable bonds is 13. The molecule has 3 aromatic rings. The second-order valence-corrected chi connectivity index (χ2v) is 14.7. The van der Waals surface area contributed by atoms with Crippen LogP contribution in [0.3, 0.4) is 0 Å². The van der Waals surface area contributed by atoms with E-state index < -0.39 is 11.0 Å². The Labute approximate surface area is 323 Å². The number of likely N-dealkylation sites (tertiary alicyclic amines) is 2. The highest BCUT2D eigenvalue weighted by Gasteiger charge is 2.44. The smallest absolute Gasteiger partial charge is 0.320 e. The van der Waals surface area contributed by atoms with Gasteiger partial charge in [0, 0.05) is 63.3 Å². The minimum atomic E-state index is -0.534. The summed E-state index contributed by atoms with van der Waals surface area (Å²) in [6, 6.07) is 20.2. The molecule has 0 spiro atoms. The predicted molar refractivity (Wildman–Crippen MR) is 206 cm³/mol. The van der Waals surface area contributed by atoms with Crippen molar-refractivity contribution in [2.75, 3.05) is 93.4 Å². The van der Waals surface area contributed by atoms with Crippen molar-refractivity contribution in [2.24, 2.45) is 0 Å². The van der Waals surface area contributed by atoms with Crippen LogP contribution in [0.4, 0.5) is 9.18 Å². The zero-order valence-electron chi connectivity index (χ0n) is 32.5. The van der Waals surface area contributed by atoms with Gasteiger partial charge in [-0.25, -0.2) is 9.18 Å². The molecule has 55 heavy (non-hydrogen) atoms. The molecular weight excluding hydrogens is 705 g/mol. The number of carbonyl (C=O) groups excluding carboxylic acids is 3. The summed E-state index contributed by atoms with van der Waals surface area (Å²) in [7, 11) is 4.57. The summed E-state index contributed by atoms with van der Waals surface area (Å²) >= 11 is 0. The Morgan fingerprint density at radius 3 is 2.04 bits per heavy atom. The van der Waals surface area contributed by atoms with Crippen molar-refractivity contribution in [3.63, 3.8) is 0 Å². The van der Waals surface area contributed by atoms with Crippen molar-refractivity contribution in [2.45, 2.75) is 43.6 Å². The lowest BCUT2D eigenvalue weighted by atomic mass is 9.76. The Bertz CT molecular complexity index is 1770. The number of methoxy groups -OCH3 is 3. The monoisotopic (exact) mass is 759 g/mol. The van der Waals surface area contributed by atoms with E-state index in [0.29, 0.717) is 75.1 Å². The number of piperazine rings is 1. The third kappa shape index (κ3) is 8.99. The van der Waals surface area contributed by atoms with E-state index in [9.17, 15) is 18.8 Å². The Balaban J connectivity index is 1.13. The van der Waals surface area contributed by atoms with Gasteiger partial charge in [0.25, 0.3) is 5.91 Å². The Morgan fingerprint density at radius 2 is 1.42 bits per heavy atom. The third-order valence-corrected chi connectivity index (χ3v) is 11.6. The fourth-order valence-corrected chi connectivity index (χ4v) is 8.39. The first kappa shape index (κ1) is 39.8. The minimum absolute atomic E-state index is 0.0963. The molecule has 3 aliphatic rings. The van der Waals surface area contributed by atoms with E-state index >= 15 is 0 Å². The van der Waals surface area contributed by atoms with Crippen LogP contribution < -0.4 is 19.5 Å². The number of benzene rings is 3. The number of nitrogens with zero attached hydrogens (tertiary/aromatic N) is 4. The molecule has 0 saturated carbocycles. The van der Waals surface area contributed by atoms with Gasteiger partial charge in [-0.3, -0.25) is 14.5 Å². The molecule has 12 nitrogen and oxygen atoms in total. The van der Waals surface area contributed by atoms with E-state index in [2.05, 4.69) is 22.3 Å². The predicted octanol–water partition coefficient (Wildman–Crippen LogP) is 4.91. The zero-order valence-corrected chi connectivity index (χ0v) is 32.5. The van der Waals surface area contributed by atoms with Crippen molar-refractivity contribution in [1.82, 2.24) is 24.9 Å². The highest BCUT2D eigenvalue weighted by atomic mass is 19.1. The normalized spacial score (nSPS) is 20.2. The molecule has 1 N–H and O–H groups in total. The van der Waals surface area contributed by atoms with E-state index in [0.717, 1.165) is 50.0 Å². The van der Waals surface area contributed by atoms with Crippen LogP contribution in [0.25, 0.3) is 0 Å². The van der Waals surface area contributed by atoms with Gasteiger partial charge in [0.15, 0.2) is 11.5 Å². The number of halogens is 1. The number of hydrogen-bond acceptors (Lipinski definition) is 9. The maximum atomic E-state index is 14.7. The van der Waals surface area contributed by atoms with Crippen molar-refractivity contribution in [3.8, 4) is 17.2 Å². The van der Waals surface area contributed by atoms with Crippen molar-refractivity contribution >= 4 is 17.9 Å². The van der Waals surface area contributed by atoms with Gasteiger partial charge in [-0.2, -0.15) is 0 Å². The summed E-state index contributed by atoms with van der Waals surface area (Å²) < 4.78 is 36.3. The van der Waals surface area contributed by atoms with Crippen LogP contribution >= 0.6 is 0 Å². The molecule has 3 heterocycles. The van der Waals surface area contributed by atoms with Crippen LogP contribution in [-0.4, -0.2) is 131 Å². The maximum absolute atomic E-state index is 14.7. The van der Waals surface area contributed by atoms with E-state index in [1.807, 2.05) is 39.0 Å². The molecule has 3 fully saturated rings. The minimum Gasteiger partial charge on any atom is -0.493 e.